The monoisotopic (exact) mass is 168 g/mol. The average molecular weight is 168 g/mol. The summed E-state index contributed by atoms with van der Waals surface area (Å²) >= 11 is 0. The first-order chi connectivity index (χ1) is 5.43. The number of rotatable bonds is 4. The third-order valence-electron chi connectivity index (χ3n) is 1.13. The van der Waals surface area contributed by atoms with E-state index in [1.165, 1.54) is 13.0 Å². The molecule has 1 N–H and O–H groups in total. The smallest absolute Gasteiger partial charge is 0.332 e. The molecule has 66 valence electrons. The predicted octanol–water partition coefficient (Wildman–Crippen LogP) is 1.55. The topological polar surface area (TPSA) is 54.4 Å². The molecular weight excluding hydrogens is 156 g/mol. The van der Waals surface area contributed by atoms with Gasteiger partial charge >= 0.3 is 5.97 Å². The molecule has 0 aromatic carbocycles. The Hall–Kier alpha value is -1.38. The highest BCUT2D eigenvalue weighted by Crippen LogP contribution is 2.05. The molecule has 12 heavy (non-hydrogen) atoms. The van der Waals surface area contributed by atoms with Crippen LogP contribution in [0.2, 0.25) is 0 Å². The summed E-state index contributed by atoms with van der Waals surface area (Å²) < 4.78 is 0. The fraction of sp³-hybridized carbons (Fsp3) is 0.333. The van der Waals surface area contributed by atoms with Gasteiger partial charge in [-0.15, -0.1) is 0 Å². The first kappa shape index (κ1) is 10.6. The highest BCUT2D eigenvalue weighted by molar-refractivity contribution is 5.94. The standard InChI is InChI=1S/C9H12O3/c1-6(2)4-8(9(11)12)5-7(3)10/h4H,1,5H2,2-3H3,(H,11,12)/b8-4+. The molecule has 0 aliphatic heterocycles. The summed E-state index contributed by atoms with van der Waals surface area (Å²) in [6, 6.07) is 0. The van der Waals surface area contributed by atoms with Crippen molar-refractivity contribution in [3.05, 3.63) is 23.8 Å². The van der Waals surface area contributed by atoms with Gasteiger partial charge in [-0.25, -0.2) is 4.79 Å². The number of carboxylic acids is 1. The summed E-state index contributed by atoms with van der Waals surface area (Å²) in [6.07, 6.45) is 1.37. The number of carbonyl (C=O) groups is 2. The first-order valence-electron chi connectivity index (χ1n) is 3.52. The fourth-order valence-corrected chi connectivity index (χ4v) is 0.754. The van der Waals surface area contributed by atoms with Crippen LogP contribution < -0.4 is 0 Å². The Labute approximate surface area is 71.4 Å². The molecule has 0 fully saturated rings. The molecule has 3 nitrogen and oxygen atoms in total. The fourth-order valence-electron chi connectivity index (χ4n) is 0.754. The second-order valence-corrected chi connectivity index (χ2v) is 2.70. The van der Waals surface area contributed by atoms with Crippen molar-refractivity contribution >= 4 is 11.8 Å². The van der Waals surface area contributed by atoms with Crippen LogP contribution in [0.1, 0.15) is 20.3 Å². The van der Waals surface area contributed by atoms with Crippen molar-refractivity contribution in [2.24, 2.45) is 0 Å². The van der Waals surface area contributed by atoms with Gasteiger partial charge in [-0.05, 0) is 19.9 Å². The Balaban J connectivity index is 4.55. The van der Waals surface area contributed by atoms with E-state index in [2.05, 4.69) is 6.58 Å². The molecule has 0 amide bonds. The first-order valence-corrected chi connectivity index (χ1v) is 3.52. The zero-order chi connectivity index (χ0) is 9.72. The van der Waals surface area contributed by atoms with E-state index in [0.717, 1.165) is 0 Å². The maximum Gasteiger partial charge on any atom is 0.332 e. The van der Waals surface area contributed by atoms with E-state index < -0.39 is 5.97 Å². The van der Waals surface area contributed by atoms with Crippen LogP contribution in [0.5, 0.6) is 0 Å². The van der Waals surface area contributed by atoms with Gasteiger partial charge in [0.2, 0.25) is 0 Å². The summed E-state index contributed by atoms with van der Waals surface area (Å²) in [7, 11) is 0. The van der Waals surface area contributed by atoms with Crippen LogP contribution in [0.15, 0.2) is 23.8 Å². The van der Waals surface area contributed by atoms with Crippen molar-refractivity contribution in [2.75, 3.05) is 0 Å². The van der Waals surface area contributed by atoms with Crippen molar-refractivity contribution in [1.82, 2.24) is 0 Å². The van der Waals surface area contributed by atoms with Gasteiger partial charge in [0.1, 0.15) is 5.78 Å². The zero-order valence-electron chi connectivity index (χ0n) is 7.26. The lowest BCUT2D eigenvalue weighted by Gasteiger charge is -1.97. The molecule has 0 spiro atoms. The highest BCUT2D eigenvalue weighted by atomic mass is 16.4. The minimum absolute atomic E-state index is 0.0395. The van der Waals surface area contributed by atoms with E-state index in [1.54, 1.807) is 6.92 Å². The van der Waals surface area contributed by atoms with E-state index in [9.17, 15) is 9.59 Å². The number of aliphatic carboxylic acids is 1. The molecule has 0 atom stereocenters. The average Bonchev–Trinajstić information content (AvgIpc) is 1.83. The molecule has 0 aromatic heterocycles. The quantitative estimate of drug-likeness (QED) is 0.512. The van der Waals surface area contributed by atoms with Crippen molar-refractivity contribution < 1.29 is 14.7 Å². The van der Waals surface area contributed by atoms with E-state index >= 15 is 0 Å². The Kier molecular flexibility index (Phi) is 3.97. The van der Waals surface area contributed by atoms with Crippen molar-refractivity contribution in [1.29, 1.82) is 0 Å². The van der Waals surface area contributed by atoms with Gasteiger partial charge in [0, 0.05) is 12.0 Å². The molecule has 0 radical (unpaired) electrons. The molecule has 0 rings (SSSR count). The number of ketones is 1. The van der Waals surface area contributed by atoms with E-state index in [4.69, 9.17) is 5.11 Å². The number of allylic oxidation sites excluding steroid dienone is 2. The highest BCUT2D eigenvalue weighted by Gasteiger charge is 2.08. The summed E-state index contributed by atoms with van der Waals surface area (Å²) in [6.45, 7) is 6.57. The molecule has 0 saturated carbocycles. The van der Waals surface area contributed by atoms with E-state index in [1.807, 2.05) is 0 Å². The van der Waals surface area contributed by atoms with Gasteiger partial charge in [0.05, 0.1) is 0 Å². The number of hydrogen-bond acceptors (Lipinski definition) is 2. The Morgan fingerprint density at radius 3 is 2.17 bits per heavy atom. The molecule has 0 aromatic rings. The molecule has 0 aliphatic carbocycles. The Morgan fingerprint density at radius 1 is 1.42 bits per heavy atom. The van der Waals surface area contributed by atoms with Crippen LogP contribution in [0.3, 0.4) is 0 Å². The van der Waals surface area contributed by atoms with Crippen LogP contribution in [-0.4, -0.2) is 16.9 Å². The van der Waals surface area contributed by atoms with Gasteiger partial charge in [0.15, 0.2) is 0 Å². The zero-order valence-corrected chi connectivity index (χ0v) is 7.26. The Morgan fingerprint density at radius 2 is 1.92 bits per heavy atom. The summed E-state index contributed by atoms with van der Waals surface area (Å²) in [4.78, 5) is 21.1. The minimum atomic E-state index is -1.06. The maximum absolute atomic E-state index is 10.6. The lowest BCUT2D eigenvalue weighted by atomic mass is 10.1. The number of carbonyl (C=O) groups excluding carboxylic acids is 1. The predicted molar refractivity (Wildman–Crippen MR) is 45.8 cm³/mol. The molecular formula is C9H12O3. The molecule has 0 saturated heterocycles. The lowest BCUT2D eigenvalue weighted by Crippen LogP contribution is -2.05. The van der Waals surface area contributed by atoms with Crippen LogP contribution in [0, 0.1) is 0 Å². The van der Waals surface area contributed by atoms with Crippen LogP contribution in [0.25, 0.3) is 0 Å². The second-order valence-electron chi connectivity index (χ2n) is 2.70. The molecule has 0 unspecified atom stereocenters. The van der Waals surface area contributed by atoms with Gasteiger partial charge in [0.25, 0.3) is 0 Å². The summed E-state index contributed by atoms with van der Waals surface area (Å²) in [5.41, 5.74) is 0.726. The lowest BCUT2D eigenvalue weighted by molar-refractivity contribution is -0.133. The van der Waals surface area contributed by atoms with E-state index in [0.29, 0.717) is 5.57 Å². The van der Waals surface area contributed by atoms with Crippen molar-refractivity contribution in [3.63, 3.8) is 0 Å². The van der Waals surface area contributed by atoms with Crippen LogP contribution in [0.4, 0.5) is 0 Å². The largest absolute Gasteiger partial charge is 0.478 e. The number of Topliss-reactive ketones (excluding diaryl/α,β-unsaturated/α-hetero) is 1. The molecule has 0 aliphatic rings. The molecule has 3 heteroatoms. The number of hydrogen-bond donors (Lipinski definition) is 1. The van der Waals surface area contributed by atoms with Crippen LogP contribution in [-0.2, 0) is 9.59 Å². The SMILES string of the molecule is C=C(C)/C=C(\CC(C)=O)C(=O)O. The maximum atomic E-state index is 10.6. The minimum Gasteiger partial charge on any atom is -0.478 e. The molecule has 0 bridgehead atoms. The van der Waals surface area contributed by atoms with Crippen molar-refractivity contribution in [3.8, 4) is 0 Å². The number of carboxylic acid groups (broad SMARTS) is 1. The third-order valence-corrected chi connectivity index (χ3v) is 1.13. The van der Waals surface area contributed by atoms with Crippen molar-refractivity contribution in [2.45, 2.75) is 20.3 Å². The normalized spacial score (nSPS) is 11.0. The van der Waals surface area contributed by atoms with E-state index in [-0.39, 0.29) is 17.8 Å². The van der Waals surface area contributed by atoms with Gasteiger partial charge in [-0.2, -0.15) is 0 Å². The van der Waals surface area contributed by atoms with Gasteiger partial charge in [-0.1, -0.05) is 12.2 Å². The van der Waals surface area contributed by atoms with Crippen LogP contribution >= 0.6 is 0 Å². The molecule has 0 heterocycles. The summed E-state index contributed by atoms with van der Waals surface area (Å²) in [5.74, 6) is -1.22. The summed E-state index contributed by atoms with van der Waals surface area (Å²) in [5, 5.41) is 8.61. The van der Waals surface area contributed by atoms with Gasteiger partial charge < -0.3 is 5.11 Å². The van der Waals surface area contributed by atoms with Gasteiger partial charge in [-0.3, -0.25) is 4.79 Å². The second kappa shape index (κ2) is 4.49. The third kappa shape index (κ3) is 4.44. The Bertz CT molecular complexity index is 248.